The van der Waals surface area contributed by atoms with Crippen molar-refractivity contribution in [1.82, 2.24) is 0 Å². The van der Waals surface area contributed by atoms with Crippen molar-refractivity contribution in [2.45, 2.75) is 32.6 Å². The maximum Gasteiger partial charge on any atom is 0.163 e. The minimum atomic E-state index is -0.422. The molecule has 0 aliphatic rings. The Morgan fingerprint density at radius 1 is 1.28 bits per heavy atom. The van der Waals surface area contributed by atoms with Crippen LogP contribution in [0, 0.1) is 5.82 Å². The van der Waals surface area contributed by atoms with Gasteiger partial charge in [-0.25, -0.2) is 4.39 Å². The van der Waals surface area contributed by atoms with Crippen molar-refractivity contribution in [2.24, 2.45) is 0 Å². The van der Waals surface area contributed by atoms with Gasteiger partial charge in [-0.15, -0.1) is 11.6 Å². The second-order valence-electron chi connectivity index (χ2n) is 4.15. The molecular formula is C14H18ClFO2. The molecule has 0 unspecified atom stereocenters. The molecule has 0 saturated carbocycles. The minimum Gasteiger partial charge on any atom is -0.493 e. The molecule has 0 spiro atoms. The van der Waals surface area contributed by atoms with Crippen molar-refractivity contribution in [3.63, 3.8) is 0 Å². The van der Waals surface area contributed by atoms with Crippen molar-refractivity contribution < 1.29 is 13.9 Å². The second kappa shape index (κ2) is 8.09. The zero-order chi connectivity index (χ0) is 13.4. The van der Waals surface area contributed by atoms with Gasteiger partial charge in [0.05, 0.1) is 12.2 Å². The molecule has 0 bridgehead atoms. The van der Waals surface area contributed by atoms with Crippen molar-refractivity contribution in [3.05, 3.63) is 29.6 Å². The molecule has 2 nitrogen and oxygen atoms in total. The number of unbranched alkanes of at least 4 members (excludes halogenated alkanes) is 3. The topological polar surface area (TPSA) is 26.3 Å². The number of hydrogen-bond acceptors (Lipinski definition) is 2. The number of Topliss-reactive ketones (excluding diaryl/α,β-unsaturated/α-hetero) is 1. The second-order valence-corrected chi connectivity index (χ2v) is 4.53. The average Bonchev–Trinajstić information content (AvgIpc) is 2.35. The number of carbonyl (C=O) groups is 1. The monoisotopic (exact) mass is 272 g/mol. The predicted octanol–water partition coefficient (Wildman–Crippen LogP) is 4.21. The van der Waals surface area contributed by atoms with Crippen molar-refractivity contribution in [3.8, 4) is 5.75 Å². The lowest BCUT2D eigenvalue weighted by Gasteiger charge is -2.09. The van der Waals surface area contributed by atoms with Gasteiger partial charge in [-0.2, -0.15) is 0 Å². The molecule has 1 aromatic carbocycles. The van der Waals surface area contributed by atoms with Gasteiger partial charge < -0.3 is 4.74 Å². The van der Waals surface area contributed by atoms with Crippen LogP contribution in [-0.4, -0.2) is 18.3 Å². The molecule has 0 heterocycles. The van der Waals surface area contributed by atoms with Crippen LogP contribution in [0.5, 0.6) is 5.75 Å². The van der Waals surface area contributed by atoms with Crippen molar-refractivity contribution in [1.29, 1.82) is 0 Å². The number of benzene rings is 1. The normalized spacial score (nSPS) is 10.4. The van der Waals surface area contributed by atoms with E-state index in [4.69, 9.17) is 16.3 Å². The zero-order valence-electron chi connectivity index (χ0n) is 10.5. The summed E-state index contributed by atoms with van der Waals surface area (Å²) in [4.78, 5) is 11.3. The molecule has 100 valence electrons. The number of carbonyl (C=O) groups excluding carboxylic acids is 1. The summed E-state index contributed by atoms with van der Waals surface area (Å²) < 4.78 is 18.5. The fourth-order valence-corrected chi connectivity index (χ4v) is 1.82. The van der Waals surface area contributed by atoms with Gasteiger partial charge in [0.15, 0.2) is 5.78 Å². The highest BCUT2D eigenvalue weighted by Gasteiger charge is 2.09. The van der Waals surface area contributed by atoms with E-state index >= 15 is 0 Å². The smallest absolute Gasteiger partial charge is 0.163 e. The molecule has 18 heavy (non-hydrogen) atoms. The average molecular weight is 273 g/mol. The minimum absolute atomic E-state index is 0.188. The van der Waals surface area contributed by atoms with Crippen LogP contribution >= 0.6 is 11.6 Å². The lowest BCUT2D eigenvalue weighted by molar-refractivity contribution is 0.101. The van der Waals surface area contributed by atoms with Gasteiger partial charge in [0.1, 0.15) is 11.6 Å². The SMILES string of the molecule is CC(=O)c1cc(F)ccc1OCCCCCCCl. The maximum atomic E-state index is 13.0. The van der Waals surface area contributed by atoms with Gasteiger partial charge in [-0.1, -0.05) is 12.8 Å². The Bertz CT molecular complexity index is 393. The van der Waals surface area contributed by atoms with E-state index < -0.39 is 5.82 Å². The van der Waals surface area contributed by atoms with E-state index in [1.807, 2.05) is 0 Å². The van der Waals surface area contributed by atoms with Crippen LogP contribution in [0.3, 0.4) is 0 Å². The van der Waals surface area contributed by atoms with Crippen LogP contribution in [0.15, 0.2) is 18.2 Å². The van der Waals surface area contributed by atoms with Gasteiger partial charge in [0, 0.05) is 5.88 Å². The molecule has 0 aliphatic heterocycles. The summed E-state index contributed by atoms with van der Waals surface area (Å²) in [5.41, 5.74) is 0.302. The summed E-state index contributed by atoms with van der Waals surface area (Å²) >= 11 is 5.58. The van der Waals surface area contributed by atoms with Gasteiger partial charge in [-0.3, -0.25) is 4.79 Å². The lowest BCUT2D eigenvalue weighted by Crippen LogP contribution is -2.03. The van der Waals surface area contributed by atoms with Crippen LogP contribution in [0.1, 0.15) is 43.0 Å². The maximum absolute atomic E-state index is 13.0. The van der Waals surface area contributed by atoms with Crippen LogP contribution in [-0.2, 0) is 0 Å². The predicted molar refractivity (Wildman–Crippen MR) is 71.1 cm³/mol. The third-order valence-corrected chi connectivity index (χ3v) is 2.87. The van der Waals surface area contributed by atoms with Crippen LogP contribution < -0.4 is 4.74 Å². The third-order valence-electron chi connectivity index (χ3n) is 2.61. The van der Waals surface area contributed by atoms with Gasteiger partial charge in [0.25, 0.3) is 0 Å². The summed E-state index contributed by atoms with van der Waals surface area (Å²) in [6.07, 6.45) is 4.04. The molecule has 0 atom stereocenters. The first kappa shape index (κ1) is 15.0. The van der Waals surface area contributed by atoms with Crippen LogP contribution in [0.4, 0.5) is 4.39 Å². The molecule has 0 fully saturated rings. The van der Waals surface area contributed by atoms with Gasteiger partial charge >= 0.3 is 0 Å². The molecule has 0 amide bonds. The molecule has 4 heteroatoms. The highest BCUT2D eigenvalue weighted by molar-refractivity contribution is 6.17. The first-order chi connectivity index (χ1) is 8.65. The molecule has 0 saturated heterocycles. The molecule has 1 aromatic rings. The summed E-state index contributed by atoms with van der Waals surface area (Å²) in [5, 5.41) is 0. The molecule has 0 radical (unpaired) electrons. The van der Waals surface area contributed by atoms with E-state index in [0.717, 1.165) is 25.7 Å². The van der Waals surface area contributed by atoms with Crippen LogP contribution in [0.2, 0.25) is 0 Å². The van der Waals surface area contributed by atoms with E-state index in [1.165, 1.54) is 25.1 Å². The number of hydrogen-bond donors (Lipinski definition) is 0. The Balaban J connectivity index is 2.44. The van der Waals surface area contributed by atoms with Crippen LogP contribution in [0.25, 0.3) is 0 Å². The molecule has 0 aromatic heterocycles. The highest BCUT2D eigenvalue weighted by Crippen LogP contribution is 2.20. The Labute approximate surface area is 112 Å². The van der Waals surface area contributed by atoms with E-state index in [-0.39, 0.29) is 5.78 Å². The standard InChI is InChI=1S/C14H18ClFO2/c1-11(17)13-10-12(16)6-7-14(13)18-9-5-3-2-4-8-15/h6-7,10H,2-5,8-9H2,1H3. The largest absolute Gasteiger partial charge is 0.493 e. The van der Waals surface area contributed by atoms with E-state index in [2.05, 4.69) is 0 Å². The molecule has 0 N–H and O–H groups in total. The quantitative estimate of drug-likeness (QED) is 0.403. The zero-order valence-corrected chi connectivity index (χ0v) is 11.3. The third kappa shape index (κ3) is 5.05. The van der Waals surface area contributed by atoms with Gasteiger partial charge in [-0.05, 0) is 38.0 Å². The van der Waals surface area contributed by atoms with Gasteiger partial charge in [0.2, 0.25) is 0 Å². The Kier molecular flexibility index (Phi) is 6.73. The first-order valence-electron chi connectivity index (χ1n) is 6.14. The van der Waals surface area contributed by atoms with E-state index in [0.29, 0.717) is 23.8 Å². The molecular weight excluding hydrogens is 255 g/mol. The van der Waals surface area contributed by atoms with Crippen molar-refractivity contribution in [2.75, 3.05) is 12.5 Å². The number of ketones is 1. The fraction of sp³-hybridized carbons (Fsp3) is 0.500. The van der Waals surface area contributed by atoms with E-state index in [1.54, 1.807) is 0 Å². The summed E-state index contributed by atoms with van der Waals surface area (Å²) in [6.45, 7) is 1.94. The summed E-state index contributed by atoms with van der Waals surface area (Å²) in [6, 6.07) is 4.02. The first-order valence-corrected chi connectivity index (χ1v) is 6.68. The summed E-state index contributed by atoms with van der Waals surface area (Å²) in [5.74, 6) is 0.537. The Hall–Kier alpha value is -1.09. The Morgan fingerprint density at radius 2 is 2.00 bits per heavy atom. The number of rotatable bonds is 8. The molecule has 1 rings (SSSR count). The number of alkyl halides is 1. The van der Waals surface area contributed by atoms with E-state index in [9.17, 15) is 9.18 Å². The fourth-order valence-electron chi connectivity index (χ4n) is 1.64. The summed E-state index contributed by atoms with van der Waals surface area (Å²) in [7, 11) is 0. The molecule has 0 aliphatic carbocycles. The lowest BCUT2D eigenvalue weighted by atomic mass is 10.1. The highest BCUT2D eigenvalue weighted by atomic mass is 35.5. The number of halogens is 2. The Morgan fingerprint density at radius 3 is 2.67 bits per heavy atom. The van der Waals surface area contributed by atoms with Crippen molar-refractivity contribution >= 4 is 17.4 Å². The number of ether oxygens (including phenoxy) is 1.